The fourth-order valence-electron chi connectivity index (χ4n) is 7.46. The van der Waals surface area contributed by atoms with E-state index in [1.165, 1.54) is 6.92 Å². The average Bonchev–Trinajstić information content (AvgIpc) is 3.75. The molecule has 9 N–H and O–H groups in total. The van der Waals surface area contributed by atoms with Crippen LogP contribution < -0.4 is 32.3 Å². The van der Waals surface area contributed by atoms with Gasteiger partial charge in [-0.05, 0) is 47.1 Å². The molecule has 0 aromatic heterocycles. The number of carbonyl (C=O) groups excluding carboxylic acids is 7. The number of aliphatic hydroxyl groups is 2. The van der Waals surface area contributed by atoms with E-state index < -0.39 is 90.1 Å². The number of nitrogens with two attached hydrogens (primary N) is 1. The molecule has 1 heterocycles. The number of benzene rings is 3. The molecule has 19 nitrogen and oxygen atoms in total. The maximum absolute atomic E-state index is 13.9. The largest absolute Gasteiger partial charge is 0.461 e. The monoisotopic (exact) mass is 902 g/mol. The lowest BCUT2D eigenvalue weighted by Gasteiger charge is -2.26. The number of aliphatic hydroxyl groups excluding tert-OH is 2. The van der Waals surface area contributed by atoms with Gasteiger partial charge < -0.3 is 61.5 Å². The van der Waals surface area contributed by atoms with Gasteiger partial charge in [0, 0.05) is 18.9 Å². The normalized spacial score (nSPS) is 18.9. The zero-order valence-electron chi connectivity index (χ0n) is 36.5. The topological polar surface area (TPSA) is 283 Å². The molecule has 0 radical (unpaired) electrons. The Hall–Kier alpha value is -6.41. The Morgan fingerprint density at radius 1 is 0.723 bits per heavy atom. The molecule has 3 aromatic carbocycles. The summed E-state index contributed by atoms with van der Waals surface area (Å²) in [5.74, 6) is -4.75. The van der Waals surface area contributed by atoms with Crippen LogP contribution in [0.15, 0.2) is 78.9 Å². The number of nitrogens with one attached hydrogen (secondary N) is 5. The molecule has 5 rings (SSSR count). The molecule has 0 unspecified atom stereocenters. The second-order valence-electron chi connectivity index (χ2n) is 16.2. The number of primary amides is 1. The van der Waals surface area contributed by atoms with E-state index in [0.717, 1.165) is 27.8 Å². The molecule has 0 bridgehead atoms. The molecular weight excluding hydrogens is 845 g/mol. The lowest BCUT2D eigenvalue weighted by molar-refractivity contribution is -0.146. The number of esters is 1. The highest BCUT2D eigenvalue weighted by molar-refractivity contribution is 5.94. The van der Waals surface area contributed by atoms with Gasteiger partial charge in [0.1, 0.15) is 56.4 Å². The van der Waals surface area contributed by atoms with Crippen molar-refractivity contribution in [2.45, 2.75) is 102 Å². The third kappa shape index (κ3) is 14.3. The van der Waals surface area contributed by atoms with Crippen molar-refractivity contribution in [3.8, 4) is 11.1 Å². The van der Waals surface area contributed by atoms with Crippen molar-refractivity contribution in [2.75, 3.05) is 26.5 Å². The minimum Gasteiger partial charge on any atom is -0.461 e. The third-order valence-corrected chi connectivity index (χ3v) is 11.0. The summed E-state index contributed by atoms with van der Waals surface area (Å²) < 4.78 is 21.8. The minimum atomic E-state index is -1.41. The molecule has 1 fully saturated rings. The quantitative estimate of drug-likeness (QED) is 0.0376. The van der Waals surface area contributed by atoms with E-state index >= 15 is 0 Å². The maximum atomic E-state index is 13.9. The Kier molecular flexibility index (Phi) is 18.3. The van der Waals surface area contributed by atoms with E-state index in [9.17, 15) is 43.8 Å². The molecule has 0 spiro atoms. The molecule has 0 saturated carbocycles. The molecule has 1 aliphatic carbocycles. The SMILES string of the molecule is CC(C)[C@H](NC(=O)[C@H](CCC(=O)NC[C@H]1O[C@@H](CC(N)=O)[C@H](O)[C@@H]1O)NC(=O)OCC1c2ccccc2-c2ccccc21)C(=O)N[C@@H](C)C(=O)NCOCCC(=O)OCc1ccccc1. The van der Waals surface area contributed by atoms with Crippen LogP contribution in [0.25, 0.3) is 11.1 Å². The van der Waals surface area contributed by atoms with Gasteiger partial charge in [-0.3, -0.25) is 28.8 Å². The van der Waals surface area contributed by atoms with Gasteiger partial charge in [-0.2, -0.15) is 0 Å². The summed E-state index contributed by atoms with van der Waals surface area (Å²) in [5.41, 5.74) is 10.0. The van der Waals surface area contributed by atoms with E-state index in [1.54, 1.807) is 13.8 Å². The van der Waals surface area contributed by atoms with Gasteiger partial charge in [0.2, 0.25) is 29.5 Å². The first-order chi connectivity index (χ1) is 31.1. The summed E-state index contributed by atoms with van der Waals surface area (Å²) in [6, 6.07) is 21.0. The van der Waals surface area contributed by atoms with Crippen molar-refractivity contribution in [2.24, 2.45) is 11.7 Å². The van der Waals surface area contributed by atoms with Gasteiger partial charge >= 0.3 is 12.1 Å². The maximum Gasteiger partial charge on any atom is 0.407 e. The van der Waals surface area contributed by atoms with E-state index in [2.05, 4.69) is 26.6 Å². The van der Waals surface area contributed by atoms with Crippen molar-refractivity contribution < 1.29 is 62.7 Å². The molecule has 6 amide bonds. The van der Waals surface area contributed by atoms with Crippen LogP contribution in [0.4, 0.5) is 4.79 Å². The first kappa shape index (κ1) is 49.6. The van der Waals surface area contributed by atoms with Crippen molar-refractivity contribution in [1.82, 2.24) is 26.6 Å². The fraction of sp³-hybridized carbons (Fsp3) is 0.457. The standard InChI is InChI=1S/C46H58N6O13/c1-26(2)40(45(60)50-27(3)43(58)49-25-62-20-19-39(55)63-23-28-11-5-4-6-12-28)52-44(59)34(17-18-38(54)48-22-36-42(57)41(56)35(65-36)21-37(47)53)51-46(61)64-24-33-31-15-9-7-13-29(31)30-14-8-10-16-32(30)33/h4-16,26-27,33-36,40-42,56-57H,17-25H2,1-3H3,(H2,47,53)(H,48,54)(H,49,58)(H,50,60)(H,51,61)(H,52,59)/t27-,34-,35-,36+,40-,41-,42+/m0/s1. The highest BCUT2D eigenvalue weighted by Gasteiger charge is 2.43. The van der Waals surface area contributed by atoms with Gasteiger partial charge in [-0.1, -0.05) is 92.7 Å². The van der Waals surface area contributed by atoms with Gasteiger partial charge in [-0.25, -0.2) is 4.79 Å². The Morgan fingerprint density at radius 2 is 1.35 bits per heavy atom. The summed E-state index contributed by atoms with van der Waals surface area (Å²) >= 11 is 0. The lowest BCUT2D eigenvalue weighted by Crippen LogP contribution is -2.58. The predicted octanol–water partition coefficient (Wildman–Crippen LogP) is 1.02. The molecule has 1 aliphatic heterocycles. The number of amides is 6. The van der Waals surface area contributed by atoms with Crippen LogP contribution in [0.5, 0.6) is 0 Å². The van der Waals surface area contributed by atoms with Crippen molar-refractivity contribution >= 4 is 41.6 Å². The van der Waals surface area contributed by atoms with Crippen molar-refractivity contribution in [1.29, 1.82) is 0 Å². The zero-order valence-corrected chi connectivity index (χ0v) is 36.5. The molecule has 7 atom stereocenters. The van der Waals surface area contributed by atoms with Crippen LogP contribution >= 0.6 is 0 Å². The van der Waals surface area contributed by atoms with E-state index in [4.69, 9.17) is 24.7 Å². The van der Waals surface area contributed by atoms with Crippen LogP contribution in [0.1, 0.15) is 69.1 Å². The van der Waals surface area contributed by atoms with Crippen molar-refractivity contribution in [3.05, 3.63) is 95.6 Å². The van der Waals surface area contributed by atoms with Gasteiger partial charge in [0.25, 0.3) is 0 Å². The first-order valence-corrected chi connectivity index (χ1v) is 21.5. The van der Waals surface area contributed by atoms with E-state index in [0.29, 0.717) is 0 Å². The summed E-state index contributed by atoms with van der Waals surface area (Å²) in [5, 5.41) is 33.5. The Labute approximate surface area is 376 Å². The highest BCUT2D eigenvalue weighted by atomic mass is 16.6. The zero-order chi connectivity index (χ0) is 47.0. The second kappa shape index (κ2) is 24.0. The molecule has 3 aromatic rings. The number of hydrogen-bond acceptors (Lipinski definition) is 13. The number of alkyl carbamates (subject to hydrolysis) is 1. The fourth-order valence-corrected chi connectivity index (χ4v) is 7.46. The number of ether oxygens (including phenoxy) is 4. The first-order valence-electron chi connectivity index (χ1n) is 21.5. The Morgan fingerprint density at radius 3 is 2.00 bits per heavy atom. The smallest absolute Gasteiger partial charge is 0.407 e. The number of hydrogen-bond donors (Lipinski definition) is 8. The summed E-state index contributed by atoms with van der Waals surface area (Å²) in [6.45, 7) is 4.30. The van der Waals surface area contributed by atoms with Gasteiger partial charge in [0.05, 0.1) is 25.6 Å². The molecule has 1 saturated heterocycles. The number of rotatable bonds is 23. The molecule has 19 heteroatoms. The molecule has 65 heavy (non-hydrogen) atoms. The van der Waals surface area contributed by atoms with Gasteiger partial charge in [0.15, 0.2) is 0 Å². The lowest BCUT2D eigenvalue weighted by atomic mass is 9.98. The minimum absolute atomic E-state index is 0.0238. The Balaban J connectivity index is 1.15. The van der Waals surface area contributed by atoms with E-state index in [-0.39, 0.29) is 64.7 Å². The van der Waals surface area contributed by atoms with Crippen LogP contribution in [0.3, 0.4) is 0 Å². The summed E-state index contributed by atoms with van der Waals surface area (Å²) in [6.07, 6.45) is -6.87. The van der Waals surface area contributed by atoms with Crippen LogP contribution in [0, 0.1) is 5.92 Å². The highest BCUT2D eigenvalue weighted by Crippen LogP contribution is 2.44. The molecule has 350 valence electrons. The third-order valence-electron chi connectivity index (χ3n) is 11.0. The van der Waals surface area contributed by atoms with Crippen LogP contribution in [-0.4, -0.2) is 121 Å². The van der Waals surface area contributed by atoms with Crippen LogP contribution in [0.2, 0.25) is 0 Å². The Bertz CT molecular complexity index is 2090. The number of carbonyl (C=O) groups is 7. The van der Waals surface area contributed by atoms with Gasteiger partial charge in [-0.15, -0.1) is 0 Å². The van der Waals surface area contributed by atoms with E-state index in [1.807, 2.05) is 78.9 Å². The van der Waals surface area contributed by atoms with Crippen LogP contribution in [-0.2, 0) is 54.3 Å². The molecular formula is C46H58N6O13. The second-order valence-corrected chi connectivity index (χ2v) is 16.2. The predicted molar refractivity (Wildman–Crippen MR) is 233 cm³/mol. The molecule has 2 aliphatic rings. The number of fused-ring (bicyclic) bond motifs is 3. The summed E-state index contributed by atoms with van der Waals surface area (Å²) in [7, 11) is 0. The van der Waals surface area contributed by atoms with Crippen molar-refractivity contribution in [3.63, 3.8) is 0 Å². The average molecular weight is 903 g/mol. The summed E-state index contributed by atoms with van der Waals surface area (Å²) in [4.78, 5) is 90.1.